The monoisotopic (exact) mass is 206 g/mol. The molecule has 0 aromatic carbocycles. The van der Waals surface area contributed by atoms with Gasteiger partial charge in [-0.3, -0.25) is 4.90 Å². The third kappa shape index (κ3) is 1.90. The minimum atomic E-state index is -0.112. The summed E-state index contributed by atoms with van der Waals surface area (Å²) in [5, 5.41) is 9.57. The maximum Gasteiger partial charge on any atom is 0.111 e. The molecular weight excluding hydrogens is 184 g/mol. The number of piperidine rings is 1. The Morgan fingerprint density at radius 1 is 1.13 bits per heavy atom. The van der Waals surface area contributed by atoms with Crippen LogP contribution in [0.1, 0.15) is 51.9 Å². The minimum Gasteiger partial charge on any atom is -0.285 e. The van der Waals surface area contributed by atoms with Crippen molar-refractivity contribution >= 4 is 0 Å². The highest BCUT2D eigenvalue weighted by atomic mass is 15.2. The lowest BCUT2D eigenvalue weighted by molar-refractivity contribution is 0.0373. The van der Waals surface area contributed by atoms with Crippen LogP contribution in [0.3, 0.4) is 0 Å². The molecule has 1 saturated heterocycles. The highest BCUT2D eigenvalue weighted by Gasteiger charge is 2.43. The molecule has 15 heavy (non-hydrogen) atoms. The Kier molecular flexibility index (Phi) is 3.31. The topological polar surface area (TPSA) is 27.0 Å². The van der Waals surface area contributed by atoms with Crippen molar-refractivity contribution in [3.63, 3.8) is 0 Å². The fraction of sp³-hybridized carbons (Fsp3) is 0.923. The second kappa shape index (κ2) is 4.53. The molecule has 1 heterocycles. The van der Waals surface area contributed by atoms with E-state index in [2.05, 4.69) is 17.9 Å². The van der Waals surface area contributed by atoms with Gasteiger partial charge in [0.15, 0.2) is 0 Å². The van der Waals surface area contributed by atoms with E-state index in [4.69, 9.17) is 0 Å². The Labute approximate surface area is 93.3 Å². The molecule has 84 valence electrons. The molecule has 0 spiro atoms. The summed E-state index contributed by atoms with van der Waals surface area (Å²) in [6.07, 6.45) is 8.83. The van der Waals surface area contributed by atoms with Crippen molar-refractivity contribution in [1.29, 1.82) is 5.26 Å². The third-order valence-electron chi connectivity index (χ3n) is 4.37. The van der Waals surface area contributed by atoms with E-state index in [0.29, 0.717) is 5.92 Å². The first kappa shape index (κ1) is 11.0. The van der Waals surface area contributed by atoms with Gasteiger partial charge in [-0.2, -0.15) is 5.26 Å². The van der Waals surface area contributed by atoms with E-state index in [1.54, 1.807) is 0 Å². The molecule has 2 nitrogen and oxygen atoms in total. The first-order valence-corrected chi connectivity index (χ1v) is 6.46. The van der Waals surface area contributed by atoms with Crippen molar-refractivity contribution in [3.05, 3.63) is 0 Å². The number of hydrogen-bond donors (Lipinski definition) is 0. The standard InChI is InChI=1S/C13H22N2/c1-12-7-3-4-8-13(12,11-14)15-9-5-2-6-10-15/h12H,2-10H2,1H3/t12-,13-/m0/s1. The van der Waals surface area contributed by atoms with E-state index in [1.807, 2.05) is 0 Å². The maximum atomic E-state index is 9.57. The van der Waals surface area contributed by atoms with E-state index in [1.165, 1.54) is 38.5 Å². The molecular formula is C13H22N2. The van der Waals surface area contributed by atoms with Gasteiger partial charge in [-0.1, -0.05) is 26.2 Å². The van der Waals surface area contributed by atoms with E-state index in [9.17, 15) is 5.26 Å². The van der Waals surface area contributed by atoms with Crippen LogP contribution in [0.2, 0.25) is 0 Å². The summed E-state index contributed by atoms with van der Waals surface area (Å²) in [6, 6.07) is 2.66. The number of rotatable bonds is 1. The van der Waals surface area contributed by atoms with Gasteiger partial charge in [0.05, 0.1) is 6.07 Å². The molecule has 0 amide bonds. The van der Waals surface area contributed by atoms with E-state index < -0.39 is 0 Å². The molecule has 0 unspecified atom stereocenters. The van der Waals surface area contributed by atoms with Gasteiger partial charge in [-0.05, 0) is 44.7 Å². The average Bonchev–Trinajstić information content (AvgIpc) is 2.31. The third-order valence-corrected chi connectivity index (χ3v) is 4.37. The summed E-state index contributed by atoms with van der Waals surface area (Å²) in [6.45, 7) is 4.58. The Morgan fingerprint density at radius 2 is 1.87 bits per heavy atom. The van der Waals surface area contributed by atoms with Gasteiger partial charge in [0.25, 0.3) is 0 Å². The molecule has 1 aliphatic heterocycles. The lowest BCUT2D eigenvalue weighted by Crippen LogP contribution is -2.55. The molecule has 0 N–H and O–H groups in total. The highest BCUT2D eigenvalue weighted by Crippen LogP contribution is 2.39. The Bertz CT molecular complexity index is 250. The molecule has 1 saturated carbocycles. The van der Waals surface area contributed by atoms with Gasteiger partial charge >= 0.3 is 0 Å². The fourth-order valence-electron chi connectivity index (χ4n) is 3.33. The largest absolute Gasteiger partial charge is 0.285 e. The molecule has 2 rings (SSSR count). The maximum absolute atomic E-state index is 9.57. The molecule has 1 aliphatic carbocycles. The molecule has 2 heteroatoms. The zero-order valence-corrected chi connectivity index (χ0v) is 9.84. The normalized spacial score (nSPS) is 38.5. The summed E-state index contributed by atoms with van der Waals surface area (Å²) in [5.74, 6) is 0.564. The number of hydrogen-bond acceptors (Lipinski definition) is 2. The van der Waals surface area contributed by atoms with Crippen LogP contribution in [-0.4, -0.2) is 23.5 Å². The van der Waals surface area contributed by atoms with Crippen molar-refractivity contribution in [2.24, 2.45) is 5.92 Å². The van der Waals surface area contributed by atoms with Gasteiger partial charge in [-0.15, -0.1) is 0 Å². The molecule has 2 fully saturated rings. The quantitative estimate of drug-likeness (QED) is 0.659. The average molecular weight is 206 g/mol. The van der Waals surface area contributed by atoms with Crippen molar-refractivity contribution < 1.29 is 0 Å². The Hall–Kier alpha value is -0.550. The van der Waals surface area contributed by atoms with Gasteiger partial charge in [0.1, 0.15) is 5.54 Å². The van der Waals surface area contributed by atoms with Crippen LogP contribution in [0.5, 0.6) is 0 Å². The van der Waals surface area contributed by atoms with E-state index >= 15 is 0 Å². The van der Waals surface area contributed by atoms with Crippen molar-refractivity contribution in [1.82, 2.24) is 4.90 Å². The molecule has 2 atom stereocenters. The number of nitriles is 1. The lowest BCUT2D eigenvalue weighted by atomic mass is 9.73. The van der Waals surface area contributed by atoms with E-state index in [0.717, 1.165) is 19.5 Å². The van der Waals surface area contributed by atoms with Crippen LogP contribution in [0.25, 0.3) is 0 Å². The molecule has 0 aromatic rings. The summed E-state index contributed by atoms with van der Waals surface area (Å²) in [7, 11) is 0. The van der Waals surface area contributed by atoms with Gasteiger partial charge < -0.3 is 0 Å². The van der Waals surface area contributed by atoms with Crippen molar-refractivity contribution in [3.8, 4) is 6.07 Å². The molecule has 0 bridgehead atoms. The summed E-state index contributed by atoms with van der Waals surface area (Å²) in [4.78, 5) is 2.49. The van der Waals surface area contributed by atoms with Crippen LogP contribution < -0.4 is 0 Å². The first-order valence-electron chi connectivity index (χ1n) is 6.46. The van der Waals surface area contributed by atoms with E-state index in [-0.39, 0.29) is 5.54 Å². The van der Waals surface area contributed by atoms with Crippen LogP contribution in [0.15, 0.2) is 0 Å². The Morgan fingerprint density at radius 3 is 2.47 bits per heavy atom. The van der Waals surface area contributed by atoms with Crippen LogP contribution in [0.4, 0.5) is 0 Å². The predicted molar refractivity (Wildman–Crippen MR) is 61.4 cm³/mol. The minimum absolute atomic E-state index is 0.112. The van der Waals surface area contributed by atoms with Gasteiger partial charge in [0.2, 0.25) is 0 Å². The second-order valence-electron chi connectivity index (χ2n) is 5.23. The highest BCUT2D eigenvalue weighted by molar-refractivity contribution is 5.13. The smallest absolute Gasteiger partial charge is 0.111 e. The Balaban J connectivity index is 2.15. The predicted octanol–water partition coefficient (Wildman–Crippen LogP) is 2.94. The molecule has 0 aromatic heterocycles. The molecule has 0 radical (unpaired) electrons. The summed E-state index contributed by atoms with van der Waals surface area (Å²) >= 11 is 0. The van der Waals surface area contributed by atoms with Crippen LogP contribution >= 0.6 is 0 Å². The van der Waals surface area contributed by atoms with Crippen molar-refractivity contribution in [2.45, 2.75) is 57.4 Å². The first-order chi connectivity index (χ1) is 7.29. The zero-order chi connectivity index (χ0) is 10.7. The SMILES string of the molecule is C[C@H]1CCCC[C@@]1(C#N)N1CCCCC1. The fourth-order valence-corrected chi connectivity index (χ4v) is 3.33. The lowest BCUT2D eigenvalue weighted by Gasteiger charge is -2.47. The summed E-state index contributed by atoms with van der Waals surface area (Å²) in [5.41, 5.74) is -0.112. The van der Waals surface area contributed by atoms with Crippen molar-refractivity contribution in [2.75, 3.05) is 13.1 Å². The van der Waals surface area contributed by atoms with Crippen LogP contribution in [-0.2, 0) is 0 Å². The van der Waals surface area contributed by atoms with Gasteiger partial charge in [-0.25, -0.2) is 0 Å². The number of likely N-dealkylation sites (tertiary alicyclic amines) is 1. The molecule has 2 aliphatic rings. The van der Waals surface area contributed by atoms with Gasteiger partial charge in [0, 0.05) is 0 Å². The zero-order valence-electron chi connectivity index (χ0n) is 9.84. The number of nitrogens with zero attached hydrogens (tertiary/aromatic N) is 2. The van der Waals surface area contributed by atoms with Crippen LogP contribution in [0, 0.1) is 17.2 Å². The second-order valence-corrected chi connectivity index (χ2v) is 5.23. The summed E-state index contributed by atoms with van der Waals surface area (Å²) < 4.78 is 0.